The summed E-state index contributed by atoms with van der Waals surface area (Å²) >= 11 is 0. The van der Waals surface area contributed by atoms with Crippen LogP contribution in [-0.4, -0.2) is 26.2 Å². The average Bonchev–Trinajstić information content (AvgIpc) is 2.75. The van der Waals surface area contributed by atoms with Crippen LogP contribution in [0.2, 0.25) is 0 Å². The predicted octanol–water partition coefficient (Wildman–Crippen LogP) is 1.61. The number of pyridine rings is 1. The van der Waals surface area contributed by atoms with Crippen LogP contribution in [0.15, 0.2) is 30.9 Å². The molecule has 0 saturated heterocycles. The molecule has 7 nitrogen and oxygen atoms in total. The Morgan fingerprint density at radius 2 is 2.33 bits per heavy atom. The molecule has 0 radical (unpaired) electrons. The molecule has 0 spiro atoms. The normalized spacial score (nSPS) is 10.3. The van der Waals surface area contributed by atoms with Gasteiger partial charge in [0.25, 0.3) is 0 Å². The van der Waals surface area contributed by atoms with Gasteiger partial charge in [0.2, 0.25) is 0 Å². The van der Waals surface area contributed by atoms with Crippen molar-refractivity contribution in [3.63, 3.8) is 0 Å². The number of hydrogen-bond acceptors (Lipinski definition) is 5. The molecule has 0 bridgehead atoms. The van der Waals surface area contributed by atoms with Crippen molar-refractivity contribution in [1.29, 1.82) is 0 Å². The van der Waals surface area contributed by atoms with E-state index >= 15 is 0 Å². The molecule has 0 saturated carbocycles. The molecule has 18 heavy (non-hydrogen) atoms. The van der Waals surface area contributed by atoms with Gasteiger partial charge in [-0.1, -0.05) is 0 Å². The van der Waals surface area contributed by atoms with Gasteiger partial charge < -0.3 is 5.32 Å². The molecule has 1 N–H and O–H groups in total. The second kappa shape index (κ2) is 5.26. The van der Waals surface area contributed by atoms with Crippen molar-refractivity contribution in [2.24, 2.45) is 0 Å². The average molecular weight is 247 g/mol. The van der Waals surface area contributed by atoms with Crippen LogP contribution >= 0.6 is 0 Å². The summed E-state index contributed by atoms with van der Waals surface area (Å²) in [6, 6.07) is 1.59. The fraction of sp³-hybridized carbons (Fsp3) is 0.273. The van der Waals surface area contributed by atoms with E-state index in [1.54, 1.807) is 16.9 Å². The molecule has 0 atom stereocenters. The van der Waals surface area contributed by atoms with E-state index in [2.05, 4.69) is 15.4 Å². The summed E-state index contributed by atoms with van der Waals surface area (Å²) in [4.78, 5) is 14.1. The van der Waals surface area contributed by atoms with E-state index in [1.165, 1.54) is 12.4 Å². The van der Waals surface area contributed by atoms with Gasteiger partial charge in [-0.15, -0.1) is 0 Å². The molecule has 2 rings (SSSR count). The Labute approximate surface area is 104 Å². The molecule has 2 aromatic heterocycles. The molecule has 2 heterocycles. The third kappa shape index (κ3) is 2.82. The fourth-order valence-electron chi connectivity index (χ4n) is 1.58. The highest BCUT2D eigenvalue weighted by Gasteiger charge is 2.12. The van der Waals surface area contributed by atoms with E-state index in [1.807, 2.05) is 13.1 Å². The minimum absolute atomic E-state index is 0.0193. The minimum atomic E-state index is -0.451. The zero-order chi connectivity index (χ0) is 13.0. The predicted molar refractivity (Wildman–Crippen MR) is 66.3 cm³/mol. The van der Waals surface area contributed by atoms with Crippen molar-refractivity contribution in [2.75, 3.05) is 11.9 Å². The number of anilines is 1. The van der Waals surface area contributed by atoms with E-state index in [4.69, 9.17) is 0 Å². The van der Waals surface area contributed by atoms with Crippen molar-refractivity contribution in [3.8, 4) is 0 Å². The van der Waals surface area contributed by atoms with Crippen LogP contribution < -0.4 is 5.32 Å². The SMILES string of the molecule is Cc1cnn(CCNc2ccncc2[N+](=O)[O-])c1. The number of hydrogen-bond donors (Lipinski definition) is 1. The zero-order valence-electron chi connectivity index (χ0n) is 9.91. The van der Waals surface area contributed by atoms with Gasteiger partial charge in [0.05, 0.1) is 17.7 Å². The minimum Gasteiger partial charge on any atom is -0.378 e. The number of nitro groups is 1. The second-order valence-electron chi connectivity index (χ2n) is 3.86. The third-order valence-corrected chi connectivity index (χ3v) is 2.42. The highest BCUT2D eigenvalue weighted by Crippen LogP contribution is 2.21. The summed E-state index contributed by atoms with van der Waals surface area (Å²) < 4.78 is 1.79. The lowest BCUT2D eigenvalue weighted by atomic mass is 10.3. The Kier molecular flexibility index (Phi) is 3.52. The Bertz CT molecular complexity index is 552. The lowest BCUT2D eigenvalue weighted by molar-refractivity contribution is -0.384. The maximum Gasteiger partial charge on any atom is 0.310 e. The van der Waals surface area contributed by atoms with Gasteiger partial charge in [0.15, 0.2) is 0 Å². The first-order valence-corrected chi connectivity index (χ1v) is 5.48. The van der Waals surface area contributed by atoms with E-state index < -0.39 is 4.92 Å². The maximum absolute atomic E-state index is 10.8. The van der Waals surface area contributed by atoms with Crippen LogP contribution in [0.5, 0.6) is 0 Å². The number of aryl methyl sites for hydroxylation is 1. The van der Waals surface area contributed by atoms with E-state index in [-0.39, 0.29) is 5.69 Å². The first kappa shape index (κ1) is 12.0. The summed E-state index contributed by atoms with van der Waals surface area (Å²) in [5, 5.41) is 17.9. The molecular formula is C11H13N5O2. The standard InChI is InChI=1S/C11H13N5O2/c1-9-6-14-15(8-9)5-4-13-10-2-3-12-7-11(10)16(17)18/h2-3,6-8H,4-5H2,1H3,(H,12,13). The van der Waals surface area contributed by atoms with Crippen LogP contribution in [0.25, 0.3) is 0 Å². The lowest BCUT2D eigenvalue weighted by Crippen LogP contribution is -2.11. The molecule has 0 aromatic carbocycles. The fourth-order valence-corrected chi connectivity index (χ4v) is 1.58. The topological polar surface area (TPSA) is 85.9 Å². The molecule has 7 heteroatoms. The number of nitrogens with one attached hydrogen (secondary N) is 1. The Balaban J connectivity index is 1.96. The Hall–Kier alpha value is -2.44. The highest BCUT2D eigenvalue weighted by atomic mass is 16.6. The molecule has 0 aliphatic rings. The van der Waals surface area contributed by atoms with Crippen LogP contribution in [0.1, 0.15) is 5.56 Å². The van der Waals surface area contributed by atoms with Crippen LogP contribution in [-0.2, 0) is 6.54 Å². The van der Waals surface area contributed by atoms with Crippen LogP contribution in [0, 0.1) is 17.0 Å². The molecule has 0 fully saturated rings. The summed E-state index contributed by atoms with van der Waals surface area (Å²) in [5.41, 5.74) is 1.54. The molecule has 0 amide bonds. The molecule has 2 aromatic rings. The molecule has 94 valence electrons. The zero-order valence-corrected chi connectivity index (χ0v) is 9.91. The van der Waals surface area contributed by atoms with Gasteiger partial charge in [-0.2, -0.15) is 5.10 Å². The monoisotopic (exact) mass is 247 g/mol. The van der Waals surface area contributed by atoms with Gasteiger partial charge in [-0.3, -0.25) is 19.8 Å². The van der Waals surface area contributed by atoms with Gasteiger partial charge in [0, 0.05) is 18.9 Å². The first-order chi connectivity index (χ1) is 8.66. The summed E-state index contributed by atoms with van der Waals surface area (Å²) in [6.45, 7) is 3.17. The van der Waals surface area contributed by atoms with Gasteiger partial charge >= 0.3 is 5.69 Å². The molecule has 0 aliphatic heterocycles. The smallest absolute Gasteiger partial charge is 0.310 e. The molecular weight excluding hydrogens is 234 g/mol. The second-order valence-corrected chi connectivity index (χ2v) is 3.86. The van der Waals surface area contributed by atoms with Gasteiger partial charge in [-0.25, -0.2) is 0 Å². The van der Waals surface area contributed by atoms with Crippen molar-refractivity contribution >= 4 is 11.4 Å². The van der Waals surface area contributed by atoms with E-state index in [0.29, 0.717) is 18.8 Å². The quantitative estimate of drug-likeness (QED) is 0.640. The third-order valence-electron chi connectivity index (χ3n) is 2.42. The van der Waals surface area contributed by atoms with E-state index in [0.717, 1.165) is 5.56 Å². The largest absolute Gasteiger partial charge is 0.378 e. The van der Waals surface area contributed by atoms with Crippen LogP contribution in [0.4, 0.5) is 11.4 Å². The summed E-state index contributed by atoms with van der Waals surface area (Å²) in [5.74, 6) is 0. The maximum atomic E-state index is 10.8. The summed E-state index contributed by atoms with van der Waals surface area (Å²) in [6.07, 6.45) is 6.45. The first-order valence-electron chi connectivity index (χ1n) is 5.48. The Morgan fingerprint density at radius 1 is 1.50 bits per heavy atom. The van der Waals surface area contributed by atoms with Crippen molar-refractivity contribution < 1.29 is 4.92 Å². The van der Waals surface area contributed by atoms with Crippen molar-refractivity contribution in [2.45, 2.75) is 13.5 Å². The number of nitrogens with zero attached hydrogens (tertiary/aromatic N) is 4. The number of rotatable bonds is 5. The van der Waals surface area contributed by atoms with Gasteiger partial charge in [0.1, 0.15) is 11.9 Å². The molecule has 0 aliphatic carbocycles. The highest BCUT2D eigenvalue weighted by molar-refractivity contribution is 5.59. The summed E-state index contributed by atoms with van der Waals surface area (Å²) in [7, 11) is 0. The molecule has 0 unspecified atom stereocenters. The lowest BCUT2D eigenvalue weighted by Gasteiger charge is -2.06. The van der Waals surface area contributed by atoms with E-state index in [9.17, 15) is 10.1 Å². The Morgan fingerprint density at radius 3 is 3.00 bits per heavy atom. The number of aromatic nitrogens is 3. The van der Waals surface area contributed by atoms with Crippen molar-refractivity contribution in [3.05, 3.63) is 46.5 Å². The van der Waals surface area contributed by atoms with Crippen LogP contribution in [0.3, 0.4) is 0 Å². The van der Waals surface area contributed by atoms with Crippen molar-refractivity contribution in [1.82, 2.24) is 14.8 Å². The van der Waals surface area contributed by atoms with Gasteiger partial charge in [-0.05, 0) is 18.6 Å².